The Bertz CT molecular complexity index is 894. The number of esters is 2. The van der Waals surface area contributed by atoms with Gasteiger partial charge in [0.25, 0.3) is 0 Å². The van der Waals surface area contributed by atoms with E-state index in [-0.39, 0.29) is 29.7 Å². The molecule has 4 aliphatic rings. The Kier molecular flexibility index (Phi) is 5.02. The van der Waals surface area contributed by atoms with Crippen LogP contribution in [0.1, 0.15) is 60.3 Å². The second kappa shape index (κ2) is 6.87. The third kappa shape index (κ3) is 2.63. The van der Waals surface area contributed by atoms with Crippen LogP contribution in [-0.2, 0) is 23.9 Å². The first kappa shape index (κ1) is 23.4. The zero-order chi connectivity index (χ0) is 24.0. The summed E-state index contributed by atoms with van der Waals surface area (Å²) in [5, 5.41) is 34.2. The number of rotatable bonds is 2. The molecule has 0 aromatic rings. The molecule has 0 amide bonds. The van der Waals surface area contributed by atoms with Crippen molar-refractivity contribution in [3.63, 3.8) is 0 Å². The molecule has 0 heterocycles. The third-order valence-electron chi connectivity index (χ3n) is 9.24. The first-order valence-corrected chi connectivity index (χ1v) is 11.3. The minimum Gasteiger partial charge on any atom is -0.462 e. The van der Waals surface area contributed by atoms with Gasteiger partial charge in [0.15, 0.2) is 5.78 Å². The summed E-state index contributed by atoms with van der Waals surface area (Å²) >= 11 is 0. The third-order valence-corrected chi connectivity index (χ3v) is 9.24. The molecular formula is C24H34O8. The molecule has 0 radical (unpaired) electrons. The lowest BCUT2D eigenvalue weighted by Gasteiger charge is -2.67. The van der Waals surface area contributed by atoms with Gasteiger partial charge in [-0.1, -0.05) is 27.4 Å². The van der Waals surface area contributed by atoms with E-state index in [2.05, 4.69) is 20.4 Å². The molecule has 9 atom stereocenters. The maximum atomic E-state index is 13.7. The molecule has 8 nitrogen and oxygen atoms in total. The Morgan fingerprint density at radius 2 is 1.69 bits per heavy atom. The van der Waals surface area contributed by atoms with Gasteiger partial charge in [-0.25, -0.2) is 0 Å². The predicted molar refractivity (Wildman–Crippen MR) is 112 cm³/mol. The van der Waals surface area contributed by atoms with Crippen LogP contribution in [0, 0.1) is 28.1 Å². The Morgan fingerprint density at radius 3 is 2.25 bits per heavy atom. The second-order valence-corrected chi connectivity index (χ2v) is 11.2. The lowest BCUT2D eigenvalue weighted by molar-refractivity contribution is -0.294. The Labute approximate surface area is 188 Å². The molecule has 3 N–H and O–H groups in total. The fourth-order valence-electron chi connectivity index (χ4n) is 8.05. The number of hydrogen-bond acceptors (Lipinski definition) is 8. The summed E-state index contributed by atoms with van der Waals surface area (Å²) in [5.41, 5.74) is -5.16. The van der Waals surface area contributed by atoms with Gasteiger partial charge in [0.2, 0.25) is 0 Å². The van der Waals surface area contributed by atoms with Crippen molar-refractivity contribution in [1.82, 2.24) is 0 Å². The standard InChI is InChI=1S/C24H34O8/c1-11-19(28)24-16(27)9-15-21(4,5)8-7-17(32-13(3)26)22(15,6)18(24)14(31-12(2)25)10-23(11,30)20(24)29/h14-18,20,27,29-30H,1,7-10H2,2-6H3/t14-,15+,16+,17+,18?,20?,22-,23+,24?/m0/s1. The van der Waals surface area contributed by atoms with Crippen LogP contribution in [-0.4, -0.2) is 63.1 Å². The van der Waals surface area contributed by atoms with E-state index in [4.69, 9.17) is 9.47 Å². The number of aliphatic hydroxyl groups is 3. The molecule has 4 aliphatic carbocycles. The van der Waals surface area contributed by atoms with Crippen LogP contribution < -0.4 is 0 Å². The van der Waals surface area contributed by atoms with E-state index < -0.39 is 64.5 Å². The molecule has 4 saturated carbocycles. The molecule has 2 bridgehead atoms. The Balaban J connectivity index is 2.00. The van der Waals surface area contributed by atoms with Gasteiger partial charge in [0, 0.05) is 37.2 Å². The number of aliphatic hydroxyl groups excluding tert-OH is 2. The van der Waals surface area contributed by atoms with Crippen molar-refractivity contribution in [2.24, 2.45) is 28.1 Å². The van der Waals surface area contributed by atoms with Crippen LogP contribution in [0.4, 0.5) is 0 Å². The fourth-order valence-corrected chi connectivity index (χ4v) is 8.05. The zero-order valence-corrected chi connectivity index (χ0v) is 19.4. The van der Waals surface area contributed by atoms with E-state index in [9.17, 15) is 29.7 Å². The van der Waals surface area contributed by atoms with Gasteiger partial charge in [0.1, 0.15) is 23.9 Å². The van der Waals surface area contributed by atoms with E-state index >= 15 is 0 Å². The molecule has 32 heavy (non-hydrogen) atoms. The van der Waals surface area contributed by atoms with Crippen molar-refractivity contribution < 1.29 is 39.2 Å². The summed E-state index contributed by atoms with van der Waals surface area (Å²) in [4.78, 5) is 37.8. The molecule has 4 fully saturated rings. The predicted octanol–water partition coefficient (Wildman–Crippen LogP) is 1.29. The molecule has 8 heteroatoms. The molecule has 1 spiro atoms. The number of hydrogen-bond donors (Lipinski definition) is 3. The summed E-state index contributed by atoms with van der Waals surface area (Å²) in [5.74, 6) is -2.74. The highest BCUT2D eigenvalue weighted by Gasteiger charge is 2.81. The second-order valence-electron chi connectivity index (χ2n) is 11.2. The van der Waals surface area contributed by atoms with Gasteiger partial charge in [-0.2, -0.15) is 0 Å². The maximum Gasteiger partial charge on any atom is 0.302 e. The summed E-state index contributed by atoms with van der Waals surface area (Å²) in [6, 6.07) is 0. The molecule has 178 valence electrons. The largest absolute Gasteiger partial charge is 0.462 e. The number of Topliss-reactive ketones (excluding diaryl/α,β-unsaturated/α-hetero) is 1. The summed E-state index contributed by atoms with van der Waals surface area (Å²) in [6.45, 7) is 12.4. The fraction of sp³-hybridized carbons (Fsp3) is 0.792. The van der Waals surface area contributed by atoms with Crippen molar-refractivity contribution in [2.75, 3.05) is 0 Å². The van der Waals surface area contributed by atoms with Crippen LogP contribution in [0.2, 0.25) is 0 Å². The van der Waals surface area contributed by atoms with Crippen molar-refractivity contribution in [2.45, 2.75) is 90.3 Å². The highest BCUT2D eigenvalue weighted by Crippen LogP contribution is 2.72. The van der Waals surface area contributed by atoms with Crippen molar-refractivity contribution >= 4 is 17.7 Å². The normalized spacial score (nSPS) is 49.1. The Morgan fingerprint density at radius 1 is 1.09 bits per heavy atom. The molecule has 4 rings (SSSR count). The summed E-state index contributed by atoms with van der Waals surface area (Å²) < 4.78 is 11.5. The lowest BCUT2D eigenvalue weighted by atomic mass is 9.38. The van der Waals surface area contributed by atoms with Crippen LogP contribution in [0.15, 0.2) is 12.2 Å². The average molecular weight is 451 g/mol. The van der Waals surface area contributed by atoms with Crippen LogP contribution in [0.25, 0.3) is 0 Å². The summed E-state index contributed by atoms with van der Waals surface area (Å²) in [6.07, 6.45) is -3.24. The molecule has 3 unspecified atom stereocenters. The monoisotopic (exact) mass is 450 g/mol. The molecule has 0 aliphatic heterocycles. The van der Waals surface area contributed by atoms with Crippen molar-refractivity contribution in [3.05, 3.63) is 12.2 Å². The average Bonchev–Trinajstić information content (AvgIpc) is 2.75. The van der Waals surface area contributed by atoms with Gasteiger partial charge >= 0.3 is 11.9 Å². The topological polar surface area (TPSA) is 130 Å². The Hall–Kier alpha value is -1.77. The lowest BCUT2D eigenvalue weighted by Crippen LogP contribution is -2.75. The van der Waals surface area contributed by atoms with Crippen molar-refractivity contribution in [3.8, 4) is 0 Å². The zero-order valence-electron chi connectivity index (χ0n) is 19.4. The maximum absolute atomic E-state index is 13.7. The quantitative estimate of drug-likeness (QED) is 0.424. The number of fused-ring (bicyclic) bond motifs is 3. The van der Waals surface area contributed by atoms with Crippen LogP contribution in [0.5, 0.6) is 0 Å². The smallest absolute Gasteiger partial charge is 0.302 e. The summed E-state index contributed by atoms with van der Waals surface area (Å²) in [7, 11) is 0. The van der Waals surface area contributed by atoms with E-state index in [0.717, 1.165) is 6.42 Å². The van der Waals surface area contributed by atoms with Crippen LogP contribution in [0.3, 0.4) is 0 Å². The number of ketones is 1. The number of carbonyl (C=O) groups is 3. The number of carbonyl (C=O) groups excluding carboxylic acids is 3. The number of ether oxygens (including phenoxy) is 2. The van der Waals surface area contributed by atoms with E-state index in [0.29, 0.717) is 6.42 Å². The molecule has 0 aromatic heterocycles. The van der Waals surface area contributed by atoms with E-state index in [1.54, 1.807) is 0 Å². The highest BCUT2D eigenvalue weighted by molar-refractivity contribution is 6.06. The highest BCUT2D eigenvalue weighted by atomic mass is 16.6. The van der Waals surface area contributed by atoms with E-state index in [1.807, 2.05) is 6.92 Å². The molecular weight excluding hydrogens is 416 g/mol. The minimum absolute atomic E-state index is 0.176. The first-order chi connectivity index (χ1) is 14.6. The molecule has 0 saturated heterocycles. The van der Waals surface area contributed by atoms with Gasteiger partial charge in [0.05, 0.1) is 11.5 Å². The first-order valence-electron chi connectivity index (χ1n) is 11.3. The van der Waals surface area contributed by atoms with Gasteiger partial charge in [-0.3, -0.25) is 14.4 Å². The van der Waals surface area contributed by atoms with Gasteiger partial charge < -0.3 is 24.8 Å². The van der Waals surface area contributed by atoms with Gasteiger partial charge in [-0.05, 0) is 30.6 Å². The molecule has 0 aromatic carbocycles. The van der Waals surface area contributed by atoms with E-state index in [1.165, 1.54) is 13.8 Å². The van der Waals surface area contributed by atoms with Crippen molar-refractivity contribution in [1.29, 1.82) is 0 Å². The SMILES string of the molecule is C=C1C(=O)C23C([C@@H](OC(C)=O)C[C@]1(O)C2O)[C@@]1(C)[C@H](C[C@H]3O)C(C)(C)CC[C@H]1OC(C)=O. The minimum atomic E-state index is -2.00. The van der Waals surface area contributed by atoms with Crippen LogP contribution >= 0.6 is 0 Å². The van der Waals surface area contributed by atoms with Gasteiger partial charge in [-0.15, -0.1) is 0 Å².